The third-order valence-corrected chi connectivity index (χ3v) is 11.4. The fourth-order valence-corrected chi connectivity index (χ4v) is 9.21. The van der Waals surface area contributed by atoms with Crippen molar-refractivity contribution >= 4 is 0 Å². The van der Waals surface area contributed by atoms with E-state index in [1.54, 1.807) is 0 Å². The molecule has 4 unspecified atom stereocenters. The van der Waals surface area contributed by atoms with Gasteiger partial charge < -0.3 is 20.4 Å². The van der Waals surface area contributed by atoms with E-state index in [2.05, 4.69) is 0 Å². The third kappa shape index (κ3) is 2.74. The molecule has 0 aliphatic heterocycles. The first-order valence-corrected chi connectivity index (χ1v) is 15.8. The highest BCUT2D eigenvalue weighted by molar-refractivity contribution is 5.93. The normalized spacial score (nSPS) is 26.8. The lowest BCUT2D eigenvalue weighted by Crippen LogP contribution is -2.49. The topological polar surface area (TPSA) is 80.9 Å². The van der Waals surface area contributed by atoms with Gasteiger partial charge in [0, 0.05) is 11.1 Å². The van der Waals surface area contributed by atoms with E-state index in [-0.39, 0.29) is 0 Å². The van der Waals surface area contributed by atoms with Crippen molar-refractivity contribution in [3.8, 4) is 44.5 Å². The first-order valence-electron chi connectivity index (χ1n) is 15.8. The molecule has 10 rings (SSSR count). The molecular formula is C42H30O4. The van der Waals surface area contributed by atoms with E-state index in [4.69, 9.17) is 0 Å². The number of fused-ring (bicyclic) bond motifs is 12. The zero-order valence-corrected chi connectivity index (χ0v) is 25.3. The Hall–Kier alpha value is -4.84. The van der Waals surface area contributed by atoms with Crippen molar-refractivity contribution in [2.24, 2.45) is 0 Å². The van der Waals surface area contributed by atoms with E-state index in [0.717, 1.165) is 66.8 Å². The maximum absolute atomic E-state index is 13.5. The Balaban J connectivity index is 1.31. The van der Waals surface area contributed by atoms with Crippen molar-refractivity contribution in [1.82, 2.24) is 0 Å². The van der Waals surface area contributed by atoms with Gasteiger partial charge in [-0.15, -0.1) is 0 Å². The van der Waals surface area contributed by atoms with Crippen LogP contribution in [0.3, 0.4) is 0 Å². The summed E-state index contributed by atoms with van der Waals surface area (Å²) in [6, 6.07) is 39.1. The highest BCUT2D eigenvalue weighted by Gasteiger charge is 2.63. The molecule has 6 aromatic carbocycles. The predicted octanol–water partition coefficient (Wildman–Crippen LogP) is 7.29. The van der Waals surface area contributed by atoms with Crippen molar-refractivity contribution in [3.05, 3.63) is 166 Å². The molecule has 0 bridgehead atoms. The minimum Gasteiger partial charge on any atom is -0.381 e. The van der Waals surface area contributed by atoms with Crippen LogP contribution in [0.1, 0.15) is 58.4 Å². The average molecular weight is 599 g/mol. The molecule has 4 aliphatic rings. The molecule has 0 saturated heterocycles. The molecule has 6 aromatic rings. The quantitative estimate of drug-likeness (QED) is 0.160. The van der Waals surface area contributed by atoms with Gasteiger partial charge in [-0.2, -0.15) is 0 Å². The molecule has 4 N–H and O–H groups in total. The van der Waals surface area contributed by atoms with Crippen molar-refractivity contribution < 1.29 is 20.4 Å². The van der Waals surface area contributed by atoms with E-state index in [0.29, 0.717) is 22.3 Å². The van der Waals surface area contributed by atoms with Crippen LogP contribution < -0.4 is 0 Å². The van der Waals surface area contributed by atoms with Gasteiger partial charge in [-0.3, -0.25) is 0 Å². The van der Waals surface area contributed by atoms with E-state index in [9.17, 15) is 20.4 Å². The molecule has 0 saturated carbocycles. The molecule has 0 aromatic heterocycles. The molecule has 0 amide bonds. The Labute approximate surface area is 266 Å². The fourth-order valence-electron chi connectivity index (χ4n) is 9.21. The largest absolute Gasteiger partial charge is 0.381 e. The first-order chi connectivity index (χ1) is 22.1. The number of benzene rings is 6. The van der Waals surface area contributed by atoms with Gasteiger partial charge >= 0.3 is 0 Å². The van der Waals surface area contributed by atoms with Crippen LogP contribution in [0.5, 0.6) is 0 Å². The molecular weight excluding hydrogens is 568 g/mol. The maximum atomic E-state index is 13.5. The van der Waals surface area contributed by atoms with Gasteiger partial charge in [0.1, 0.15) is 11.2 Å². The van der Waals surface area contributed by atoms with Gasteiger partial charge in [0.2, 0.25) is 0 Å². The van der Waals surface area contributed by atoms with Crippen molar-refractivity contribution in [1.29, 1.82) is 0 Å². The lowest BCUT2D eigenvalue weighted by molar-refractivity contribution is -0.107. The second-order valence-electron chi connectivity index (χ2n) is 13.6. The van der Waals surface area contributed by atoms with Crippen LogP contribution in [-0.2, 0) is 22.4 Å². The molecule has 0 spiro atoms. The zero-order chi connectivity index (χ0) is 31.4. The van der Waals surface area contributed by atoms with E-state index < -0.39 is 22.4 Å². The number of rotatable bonds is 1. The second kappa shape index (κ2) is 8.11. The first kappa shape index (κ1) is 26.4. The number of aliphatic hydroxyl groups is 4. The van der Waals surface area contributed by atoms with Crippen LogP contribution in [-0.4, -0.2) is 20.4 Å². The molecule has 46 heavy (non-hydrogen) atoms. The molecule has 222 valence electrons. The molecule has 4 heteroatoms. The molecule has 0 heterocycles. The van der Waals surface area contributed by atoms with Crippen LogP contribution in [0.2, 0.25) is 0 Å². The summed E-state index contributed by atoms with van der Waals surface area (Å²) in [4.78, 5) is 0. The monoisotopic (exact) mass is 598 g/mol. The summed E-state index contributed by atoms with van der Waals surface area (Å²) >= 11 is 0. The van der Waals surface area contributed by atoms with Gasteiger partial charge in [0.05, 0.1) is 0 Å². The van der Waals surface area contributed by atoms with E-state index >= 15 is 0 Å². The van der Waals surface area contributed by atoms with Gasteiger partial charge in [0.25, 0.3) is 0 Å². The lowest BCUT2D eigenvalue weighted by Gasteiger charge is -2.42. The molecule has 0 fully saturated rings. The fraction of sp³-hybridized carbons (Fsp3) is 0.143. The Kier molecular flexibility index (Phi) is 4.65. The summed E-state index contributed by atoms with van der Waals surface area (Å²) < 4.78 is 0. The Morgan fingerprint density at radius 3 is 0.935 bits per heavy atom. The van der Waals surface area contributed by atoms with Crippen LogP contribution >= 0.6 is 0 Å². The standard InChI is InChI=1S/C42H30O4/c1-39(43)31-15-7-3-11-23(31)27-21-37-29(19-35(27)39)25-13-5-9-17-33(25)41(37,45)42(46)34-18-10-6-14-26(34)30-20-36-28(22-38(30)42)24-12-4-8-16-32(24)40(36,2)44/h3-22,43-46H,1-2H3. The summed E-state index contributed by atoms with van der Waals surface area (Å²) in [7, 11) is 0. The molecule has 4 atom stereocenters. The average Bonchev–Trinajstić information content (AvgIpc) is 3.67. The number of hydrogen-bond donors (Lipinski definition) is 4. The summed E-state index contributed by atoms with van der Waals surface area (Å²) in [5.74, 6) is 0. The Morgan fingerprint density at radius 1 is 0.304 bits per heavy atom. The zero-order valence-electron chi connectivity index (χ0n) is 25.3. The van der Waals surface area contributed by atoms with Crippen molar-refractivity contribution in [3.63, 3.8) is 0 Å². The summed E-state index contributed by atoms with van der Waals surface area (Å²) in [6.45, 7) is 3.64. The molecule has 4 nitrogen and oxygen atoms in total. The van der Waals surface area contributed by atoms with Gasteiger partial charge in [-0.25, -0.2) is 0 Å². The van der Waals surface area contributed by atoms with E-state index in [1.807, 2.05) is 135 Å². The Morgan fingerprint density at radius 2 is 0.565 bits per heavy atom. The van der Waals surface area contributed by atoms with Crippen molar-refractivity contribution in [2.45, 2.75) is 36.3 Å². The Bertz CT molecular complexity index is 2200. The SMILES string of the molecule is CC1(O)c2ccccc2-c2cc3c(cc21)-c1ccccc1C3(O)C1(O)c2ccccc2-c2cc3c(cc21)-c1ccccc1C3(C)O. The number of hydrogen-bond acceptors (Lipinski definition) is 4. The van der Waals surface area contributed by atoms with Crippen LogP contribution in [0, 0.1) is 0 Å². The van der Waals surface area contributed by atoms with Gasteiger partial charge in [0.15, 0.2) is 11.2 Å². The highest BCUT2D eigenvalue weighted by Crippen LogP contribution is 2.65. The molecule has 0 radical (unpaired) electrons. The highest BCUT2D eigenvalue weighted by atomic mass is 16.4. The van der Waals surface area contributed by atoms with Crippen LogP contribution in [0.15, 0.2) is 121 Å². The summed E-state index contributed by atoms with van der Waals surface area (Å²) in [5, 5.41) is 50.7. The summed E-state index contributed by atoms with van der Waals surface area (Å²) in [5.41, 5.74) is 6.20. The minimum absolute atomic E-state index is 0.595. The summed E-state index contributed by atoms with van der Waals surface area (Å²) in [6.07, 6.45) is 0. The second-order valence-corrected chi connectivity index (χ2v) is 13.6. The van der Waals surface area contributed by atoms with Crippen LogP contribution in [0.4, 0.5) is 0 Å². The molecule has 4 aliphatic carbocycles. The maximum Gasteiger partial charge on any atom is 0.153 e. The van der Waals surface area contributed by atoms with E-state index in [1.165, 1.54) is 0 Å². The smallest absolute Gasteiger partial charge is 0.153 e. The predicted molar refractivity (Wildman–Crippen MR) is 178 cm³/mol. The van der Waals surface area contributed by atoms with Gasteiger partial charge in [-0.1, -0.05) is 97.1 Å². The lowest BCUT2D eigenvalue weighted by atomic mass is 9.69. The minimum atomic E-state index is -1.88. The van der Waals surface area contributed by atoms with Crippen molar-refractivity contribution in [2.75, 3.05) is 0 Å². The van der Waals surface area contributed by atoms with Gasteiger partial charge in [-0.05, 0) is 116 Å². The van der Waals surface area contributed by atoms with Crippen LogP contribution in [0.25, 0.3) is 44.5 Å². The third-order valence-electron chi connectivity index (χ3n) is 11.4.